The number of carbonyl (C=O) groups is 1. The molecule has 4 aromatic rings. The van der Waals surface area contributed by atoms with Crippen molar-refractivity contribution >= 4 is 51.6 Å². The van der Waals surface area contributed by atoms with E-state index in [9.17, 15) is 9.59 Å². The summed E-state index contributed by atoms with van der Waals surface area (Å²) in [4.78, 5) is 25.5. The summed E-state index contributed by atoms with van der Waals surface area (Å²) in [7, 11) is 0. The van der Waals surface area contributed by atoms with E-state index in [0.29, 0.717) is 39.1 Å². The normalized spacial score (nSPS) is 12.2. The van der Waals surface area contributed by atoms with Crippen LogP contribution in [0.1, 0.15) is 6.92 Å². The first kappa shape index (κ1) is 20.2. The Balaban J connectivity index is 1.71. The van der Waals surface area contributed by atoms with Gasteiger partial charge in [0.2, 0.25) is 11.7 Å². The first-order valence-electron chi connectivity index (χ1n) is 9.20. The fraction of sp³-hybridized carbons (Fsp3) is 0.143. The average molecular weight is 440 g/mol. The third kappa shape index (κ3) is 3.71. The molecule has 30 heavy (non-hydrogen) atoms. The summed E-state index contributed by atoms with van der Waals surface area (Å²) >= 11 is 7.16. The van der Waals surface area contributed by atoms with E-state index < -0.39 is 5.25 Å². The number of aromatic nitrogens is 4. The maximum atomic E-state index is 12.9. The smallest absolute Gasteiger partial charge is 0.263 e. The van der Waals surface area contributed by atoms with Crippen LogP contribution in [0.25, 0.3) is 16.7 Å². The van der Waals surface area contributed by atoms with Crippen LogP contribution in [0, 0.1) is 0 Å². The van der Waals surface area contributed by atoms with Crippen LogP contribution in [-0.4, -0.2) is 30.3 Å². The van der Waals surface area contributed by atoms with E-state index >= 15 is 0 Å². The Labute approximate surface area is 181 Å². The van der Waals surface area contributed by atoms with Crippen molar-refractivity contribution in [2.75, 3.05) is 5.32 Å². The van der Waals surface area contributed by atoms with E-state index in [4.69, 9.17) is 11.6 Å². The summed E-state index contributed by atoms with van der Waals surface area (Å²) in [5.74, 6) is 0.231. The number of rotatable bonds is 6. The monoisotopic (exact) mass is 439 g/mol. The van der Waals surface area contributed by atoms with Crippen molar-refractivity contribution in [3.8, 4) is 0 Å². The van der Waals surface area contributed by atoms with Gasteiger partial charge in [-0.05, 0) is 43.3 Å². The van der Waals surface area contributed by atoms with Crippen molar-refractivity contribution in [1.29, 1.82) is 0 Å². The number of allylic oxidation sites excluding steroid dienone is 1. The lowest BCUT2D eigenvalue weighted by atomic mass is 10.2. The minimum Gasteiger partial charge on any atom is -0.325 e. The second kappa shape index (κ2) is 8.33. The molecular weight excluding hydrogens is 422 g/mol. The van der Waals surface area contributed by atoms with Gasteiger partial charge in [-0.3, -0.25) is 18.6 Å². The lowest BCUT2D eigenvalue weighted by molar-refractivity contribution is -0.115. The van der Waals surface area contributed by atoms with Crippen LogP contribution < -0.4 is 10.9 Å². The molecule has 0 fully saturated rings. The number of carbonyl (C=O) groups excluding carboxylic acids is 1. The van der Waals surface area contributed by atoms with Crippen LogP contribution in [0.2, 0.25) is 5.02 Å². The second-order valence-corrected chi connectivity index (χ2v) is 8.34. The highest BCUT2D eigenvalue weighted by Gasteiger charge is 2.21. The highest BCUT2D eigenvalue weighted by molar-refractivity contribution is 8.00. The molecule has 0 aliphatic rings. The van der Waals surface area contributed by atoms with Crippen molar-refractivity contribution in [1.82, 2.24) is 19.2 Å². The highest BCUT2D eigenvalue weighted by Crippen LogP contribution is 2.26. The van der Waals surface area contributed by atoms with Crippen molar-refractivity contribution in [2.45, 2.75) is 23.9 Å². The Hall–Kier alpha value is -3.10. The first-order valence-corrected chi connectivity index (χ1v) is 10.5. The molecule has 2 heterocycles. The SMILES string of the molecule is C=CCn1c(=O)c2ccccc2n2c(SC(C)C(=O)Nc3ccc(Cl)cc3)nnc12. The van der Waals surface area contributed by atoms with E-state index in [0.717, 1.165) is 0 Å². The van der Waals surface area contributed by atoms with Crippen molar-refractivity contribution in [3.63, 3.8) is 0 Å². The van der Waals surface area contributed by atoms with Gasteiger partial charge in [0.1, 0.15) is 0 Å². The Kier molecular flexibility index (Phi) is 5.61. The van der Waals surface area contributed by atoms with Gasteiger partial charge in [-0.15, -0.1) is 16.8 Å². The number of amides is 1. The largest absolute Gasteiger partial charge is 0.325 e. The number of nitrogens with one attached hydrogen (secondary N) is 1. The Morgan fingerprint density at radius 2 is 1.97 bits per heavy atom. The van der Waals surface area contributed by atoms with E-state index in [1.807, 2.05) is 18.2 Å². The molecule has 0 aliphatic carbocycles. The fourth-order valence-corrected chi connectivity index (χ4v) is 4.07. The predicted octanol–water partition coefficient (Wildman–Crippen LogP) is 4.00. The van der Waals surface area contributed by atoms with Crippen LogP contribution in [0.15, 0.2) is 71.1 Å². The number of hydrogen-bond donors (Lipinski definition) is 1. The summed E-state index contributed by atoms with van der Waals surface area (Å²) in [5, 5.41) is 12.6. The van der Waals surface area contributed by atoms with Gasteiger partial charge in [0.25, 0.3) is 5.56 Å². The number of para-hydroxylation sites is 1. The number of halogens is 1. The summed E-state index contributed by atoms with van der Waals surface area (Å²) in [6.07, 6.45) is 1.64. The maximum absolute atomic E-state index is 12.9. The summed E-state index contributed by atoms with van der Waals surface area (Å²) in [5.41, 5.74) is 1.19. The predicted molar refractivity (Wildman–Crippen MR) is 120 cm³/mol. The molecule has 0 aliphatic heterocycles. The molecular formula is C21H18ClN5O2S. The van der Waals surface area contributed by atoms with Gasteiger partial charge in [0.15, 0.2) is 5.16 Å². The van der Waals surface area contributed by atoms with E-state index in [1.165, 1.54) is 16.3 Å². The molecule has 0 spiro atoms. The number of nitrogens with zero attached hydrogens (tertiary/aromatic N) is 4. The summed E-state index contributed by atoms with van der Waals surface area (Å²) in [6, 6.07) is 14.2. The van der Waals surface area contributed by atoms with Gasteiger partial charge >= 0.3 is 0 Å². The standard InChI is InChI=1S/C21H18ClN5O2S/c1-3-12-26-19(29)16-6-4-5-7-17(16)27-20(26)24-25-21(27)30-13(2)18(28)23-15-10-8-14(22)9-11-15/h3-11,13H,1,12H2,2H3,(H,23,28). The Morgan fingerprint density at radius 3 is 2.70 bits per heavy atom. The van der Waals surface area contributed by atoms with Gasteiger partial charge in [-0.25, -0.2) is 0 Å². The fourth-order valence-electron chi connectivity index (χ4n) is 3.09. The second-order valence-electron chi connectivity index (χ2n) is 6.60. The summed E-state index contributed by atoms with van der Waals surface area (Å²) < 4.78 is 3.32. The number of fused-ring (bicyclic) bond motifs is 3. The lowest BCUT2D eigenvalue weighted by Crippen LogP contribution is -2.24. The maximum Gasteiger partial charge on any atom is 0.263 e. The van der Waals surface area contributed by atoms with Crippen LogP contribution in [-0.2, 0) is 11.3 Å². The molecule has 2 aromatic carbocycles. The number of thioether (sulfide) groups is 1. The molecule has 152 valence electrons. The van der Waals surface area contributed by atoms with Crippen molar-refractivity contribution in [3.05, 3.63) is 76.6 Å². The Morgan fingerprint density at radius 1 is 1.23 bits per heavy atom. The first-order chi connectivity index (χ1) is 14.5. The highest BCUT2D eigenvalue weighted by atomic mass is 35.5. The number of benzene rings is 2. The molecule has 7 nitrogen and oxygen atoms in total. The van der Waals surface area contributed by atoms with Crippen LogP contribution in [0.3, 0.4) is 0 Å². The van der Waals surface area contributed by atoms with Gasteiger partial charge in [-0.1, -0.05) is 41.6 Å². The van der Waals surface area contributed by atoms with Crippen molar-refractivity contribution < 1.29 is 4.79 Å². The van der Waals surface area contributed by atoms with Gasteiger partial charge < -0.3 is 5.32 Å². The molecule has 1 N–H and O–H groups in total. The van der Waals surface area contributed by atoms with E-state index in [-0.39, 0.29) is 11.5 Å². The zero-order valence-electron chi connectivity index (χ0n) is 16.1. The van der Waals surface area contributed by atoms with Crippen LogP contribution in [0.4, 0.5) is 5.69 Å². The Bertz CT molecular complexity index is 1310. The number of anilines is 1. The van der Waals surface area contributed by atoms with E-state index in [1.54, 1.807) is 47.7 Å². The van der Waals surface area contributed by atoms with Crippen LogP contribution >= 0.6 is 23.4 Å². The molecule has 2 aromatic heterocycles. The quantitative estimate of drug-likeness (QED) is 0.362. The lowest BCUT2D eigenvalue weighted by Gasteiger charge is -2.13. The minimum absolute atomic E-state index is 0.157. The zero-order valence-corrected chi connectivity index (χ0v) is 17.7. The molecule has 0 saturated heterocycles. The molecule has 1 amide bonds. The number of hydrogen-bond acceptors (Lipinski definition) is 5. The topological polar surface area (TPSA) is 81.3 Å². The van der Waals surface area contributed by atoms with Gasteiger partial charge in [-0.2, -0.15) is 0 Å². The van der Waals surface area contributed by atoms with Crippen LogP contribution in [0.5, 0.6) is 0 Å². The molecule has 0 radical (unpaired) electrons. The molecule has 0 saturated carbocycles. The van der Waals surface area contributed by atoms with Gasteiger partial charge in [0, 0.05) is 17.3 Å². The molecule has 1 unspecified atom stereocenters. The zero-order chi connectivity index (χ0) is 21.3. The molecule has 9 heteroatoms. The average Bonchev–Trinajstić information content (AvgIpc) is 3.16. The molecule has 1 atom stereocenters. The minimum atomic E-state index is -0.452. The third-order valence-corrected chi connectivity index (χ3v) is 5.85. The van der Waals surface area contributed by atoms with Crippen molar-refractivity contribution in [2.24, 2.45) is 0 Å². The van der Waals surface area contributed by atoms with Gasteiger partial charge in [0.05, 0.1) is 16.2 Å². The molecule has 0 bridgehead atoms. The summed E-state index contributed by atoms with van der Waals surface area (Å²) in [6.45, 7) is 5.82. The third-order valence-electron chi connectivity index (χ3n) is 4.55. The molecule has 4 rings (SSSR count). The van der Waals surface area contributed by atoms with E-state index in [2.05, 4.69) is 22.1 Å².